The van der Waals surface area contributed by atoms with Crippen molar-refractivity contribution in [1.82, 2.24) is 0 Å². The molecule has 6 rings (SSSR count). The highest BCUT2D eigenvalue weighted by molar-refractivity contribution is 7.97. The van der Waals surface area contributed by atoms with Crippen molar-refractivity contribution >= 4 is 34.8 Å². The van der Waals surface area contributed by atoms with Crippen LogP contribution in [0.2, 0.25) is 0 Å². The molecule has 3 aliphatic rings. The maximum atomic E-state index is 13.2. The maximum Gasteiger partial charge on any atom is 0.377 e. The quantitative estimate of drug-likeness (QED) is 0.163. The van der Waals surface area contributed by atoms with Gasteiger partial charge in [-0.1, -0.05) is 54.6 Å². The smallest absolute Gasteiger partial charge is 0.377 e. The average Bonchev–Trinajstić information content (AvgIpc) is 3.65. The Morgan fingerprint density at radius 3 is 1.74 bits per heavy atom. The molecule has 1 aliphatic heterocycles. The van der Waals surface area contributed by atoms with Crippen molar-refractivity contribution in [2.24, 2.45) is 23.7 Å². The van der Waals surface area contributed by atoms with Gasteiger partial charge in [0, 0.05) is 18.8 Å². The largest absolute Gasteiger partial charge is 0.458 e. The molecule has 2 bridgehead atoms. The van der Waals surface area contributed by atoms with Gasteiger partial charge in [-0.2, -0.15) is 8.78 Å². The van der Waals surface area contributed by atoms with Crippen molar-refractivity contribution in [3.8, 4) is 0 Å². The van der Waals surface area contributed by atoms with Gasteiger partial charge in [0.15, 0.2) is 21.3 Å². The van der Waals surface area contributed by atoms with Crippen LogP contribution in [-0.2, 0) is 49.0 Å². The average molecular weight is 668 g/mol. The van der Waals surface area contributed by atoms with Crippen LogP contribution in [0, 0.1) is 23.7 Å². The number of halogens is 2. The second-order valence-electron chi connectivity index (χ2n) is 12.7. The maximum absolute atomic E-state index is 13.2. The molecule has 1 heterocycles. The second kappa shape index (κ2) is 13.9. The van der Waals surface area contributed by atoms with E-state index in [-0.39, 0.29) is 10.9 Å². The first kappa shape index (κ1) is 34.1. The van der Waals surface area contributed by atoms with Gasteiger partial charge in [0.1, 0.15) is 17.8 Å². The van der Waals surface area contributed by atoms with Gasteiger partial charge >= 0.3 is 29.8 Å². The number of alkyl halides is 2. The van der Waals surface area contributed by atoms with E-state index in [1.165, 1.54) is 14.7 Å². The van der Waals surface area contributed by atoms with Crippen LogP contribution in [0.3, 0.4) is 0 Å². The SMILES string of the molecule is CC(C)(C)OC(=O)COC(=O)C1C2CC3C(OC(=O)C31)C2OC(=O)C(C)(F)F.c1ccc([S+](c2ccccc2)c2ccccc2)cc1. The second-order valence-corrected chi connectivity index (χ2v) is 14.7. The molecular formula is C36H37F2O8S+. The van der Waals surface area contributed by atoms with Gasteiger partial charge in [0.25, 0.3) is 0 Å². The van der Waals surface area contributed by atoms with Crippen LogP contribution in [-0.4, -0.2) is 54.2 Å². The molecule has 6 unspecified atom stereocenters. The third kappa shape index (κ3) is 7.84. The first-order chi connectivity index (χ1) is 22.2. The molecule has 11 heteroatoms. The Labute approximate surface area is 275 Å². The van der Waals surface area contributed by atoms with Crippen molar-refractivity contribution in [3.05, 3.63) is 91.0 Å². The fraction of sp³-hybridized carbons (Fsp3) is 0.389. The Morgan fingerprint density at radius 1 is 0.809 bits per heavy atom. The number of ether oxygens (including phenoxy) is 4. The molecule has 2 aliphatic carbocycles. The zero-order chi connectivity index (χ0) is 33.9. The summed E-state index contributed by atoms with van der Waals surface area (Å²) in [5, 5.41) is 0. The van der Waals surface area contributed by atoms with Crippen LogP contribution in [0.4, 0.5) is 8.78 Å². The third-order valence-corrected chi connectivity index (χ3v) is 10.3. The molecule has 6 atom stereocenters. The summed E-state index contributed by atoms with van der Waals surface area (Å²) in [6.45, 7) is 4.71. The van der Waals surface area contributed by atoms with Crippen LogP contribution >= 0.6 is 0 Å². The van der Waals surface area contributed by atoms with Crippen LogP contribution in [0.5, 0.6) is 0 Å². The van der Waals surface area contributed by atoms with E-state index in [2.05, 4.69) is 91.0 Å². The molecule has 47 heavy (non-hydrogen) atoms. The molecule has 0 aromatic heterocycles. The standard InChI is InChI=1S/C18H22F2O8.C18H15S/c1-17(2,3)28-9(21)6-25-14(22)10-7-5-8-11(10)15(23)26-12(8)13(7)27-16(24)18(4,19)20;1-4-10-16(11-5-1)19(17-12-6-2-7-13-17)18-14-8-3-9-15-18/h7-8,10-13H,5-6H2,1-4H3;1-15H/q;+1. The number of esters is 4. The van der Waals surface area contributed by atoms with Crippen molar-refractivity contribution in [1.29, 1.82) is 0 Å². The minimum atomic E-state index is -3.71. The van der Waals surface area contributed by atoms with E-state index < -0.39 is 77.9 Å². The van der Waals surface area contributed by atoms with Crippen molar-refractivity contribution < 1.29 is 46.9 Å². The lowest BCUT2D eigenvalue weighted by atomic mass is 9.78. The van der Waals surface area contributed by atoms with Crippen molar-refractivity contribution in [2.45, 2.75) is 72.5 Å². The van der Waals surface area contributed by atoms with Crippen LogP contribution in [0.15, 0.2) is 106 Å². The summed E-state index contributed by atoms with van der Waals surface area (Å²) in [4.78, 5) is 52.1. The molecule has 2 saturated carbocycles. The molecule has 1 saturated heterocycles. The predicted molar refractivity (Wildman–Crippen MR) is 167 cm³/mol. The highest BCUT2D eigenvalue weighted by Gasteiger charge is 2.70. The van der Waals surface area contributed by atoms with Gasteiger partial charge in [-0.3, -0.25) is 9.59 Å². The molecule has 3 aromatic rings. The lowest BCUT2D eigenvalue weighted by Crippen LogP contribution is -2.45. The normalized spacial score (nSPS) is 24.2. The number of benzene rings is 3. The van der Waals surface area contributed by atoms with Crippen molar-refractivity contribution in [2.75, 3.05) is 6.61 Å². The van der Waals surface area contributed by atoms with E-state index >= 15 is 0 Å². The van der Waals surface area contributed by atoms with Gasteiger partial charge in [0.05, 0.1) is 22.7 Å². The van der Waals surface area contributed by atoms with E-state index in [4.69, 9.17) is 18.9 Å². The van der Waals surface area contributed by atoms with Crippen LogP contribution in [0.25, 0.3) is 0 Å². The zero-order valence-electron chi connectivity index (χ0n) is 26.5. The first-order valence-corrected chi connectivity index (χ1v) is 16.5. The molecule has 8 nitrogen and oxygen atoms in total. The zero-order valence-corrected chi connectivity index (χ0v) is 27.3. The minimum absolute atomic E-state index is 0.0146. The molecular weight excluding hydrogens is 630 g/mol. The minimum Gasteiger partial charge on any atom is -0.458 e. The van der Waals surface area contributed by atoms with E-state index in [1.807, 2.05) is 0 Å². The number of fused-ring (bicyclic) bond motifs is 1. The van der Waals surface area contributed by atoms with Gasteiger partial charge < -0.3 is 18.9 Å². The lowest BCUT2D eigenvalue weighted by molar-refractivity contribution is -0.186. The summed E-state index contributed by atoms with van der Waals surface area (Å²) in [5.41, 5.74) is -0.761. The molecule has 0 radical (unpaired) electrons. The molecule has 0 N–H and O–H groups in total. The Hall–Kier alpha value is -4.25. The fourth-order valence-corrected chi connectivity index (χ4v) is 8.48. The number of hydrogen-bond acceptors (Lipinski definition) is 8. The molecule has 3 aromatic carbocycles. The summed E-state index contributed by atoms with van der Waals surface area (Å²) in [6.07, 6.45) is -1.69. The number of rotatable bonds is 8. The van der Waals surface area contributed by atoms with E-state index in [0.29, 0.717) is 13.3 Å². The number of hydrogen-bond donors (Lipinski definition) is 0. The topological polar surface area (TPSA) is 105 Å². The van der Waals surface area contributed by atoms with E-state index in [9.17, 15) is 28.0 Å². The third-order valence-electron chi connectivity index (χ3n) is 8.11. The highest BCUT2D eigenvalue weighted by Crippen LogP contribution is 2.59. The summed E-state index contributed by atoms with van der Waals surface area (Å²) >= 11 is 0. The summed E-state index contributed by atoms with van der Waals surface area (Å²) in [7, 11) is -0.0146. The summed E-state index contributed by atoms with van der Waals surface area (Å²) in [5.74, 6) is -10.6. The van der Waals surface area contributed by atoms with Gasteiger partial charge in [-0.25, -0.2) is 9.59 Å². The van der Waals surface area contributed by atoms with Crippen LogP contribution < -0.4 is 0 Å². The number of carbonyl (C=O) groups excluding carboxylic acids is 4. The molecule has 0 spiro atoms. The molecule has 248 valence electrons. The predicted octanol–water partition coefficient (Wildman–Crippen LogP) is 6.03. The van der Waals surface area contributed by atoms with Gasteiger partial charge in [0.2, 0.25) is 0 Å². The van der Waals surface area contributed by atoms with Crippen molar-refractivity contribution in [3.63, 3.8) is 0 Å². The lowest BCUT2D eigenvalue weighted by Gasteiger charge is -2.30. The highest BCUT2D eigenvalue weighted by atomic mass is 32.2. The molecule has 3 fully saturated rings. The van der Waals surface area contributed by atoms with E-state index in [1.54, 1.807) is 20.8 Å². The van der Waals surface area contributed by atoms with Gasteiger partial charge in [-0.15, -0.1) is 0 Å². The fourth-order valence-electron chi connectivity index (χ4n) is 6.37. The Morgan fingerprint density at radius 2 is 1.30 bits per heavy atom. The van der Waals surface area contributed by atoms with Gasteiger partial charge in [-0.05, 0) is 63.6 Å². The Kier molecular flexibility index (Phi) is 10.0. The Bertz CT molecular complexity index is 1480. The summed E-state index contributed by atoms with van der Waals surface area (Å²) in [6, 6.07) is 32.2. The first-order valence-electron chi connectivity index (χ1n) is 15.3. The Balaban J connectivity index is 0.000000198. The summed E-state index contributed by atoms with van der Waals surface area (Å²) < 4.78 is 46.5. The molecule has 0 amide bonds. The monoisotopic (exact) mass is 667 g/mol. The van der Waals surface area contributed by atoms with E-state index in [0.717, 1.165) is 0 Å². The van der Waals surface area contributed by atoms with Crippen LogP contribution in [0.1, 0.15) is 34.1 Å². The number of carbonyl (C=O) groups is 4.